The second-order valence-corrected chi connectivity index (χ2v) is 7.88. The maximum absolute atomic E-state index is 12.9. The highest BCUT2D eigenvalue weighted by atomic mass is 32.2. The molecule has 0 bridgehead atoms. The van der Waals surface area contributed by atoms with Gasteiger partial charge in [-0.05, 0) is 50.2 Å². The SMILES string of the molecule is CCNC(=O)NC(=O)COC(=O)c1ccc(S(=O)(=O)N(CC)c2ccccc2)cc1. The van der Waals surface area contributed by atoms with E-state index in [1.54, 1.807) is 44.2 Å². The van der Waals surface area contributed by atoms with Gasteiger partial charge in [-0.2, -0.15) is 0 Å². The average Bonchev–Trinajstić information content (AvgIpc) is 2.73. The topological polar surface area (TPSA) is 122 Å². The third-order valence-electron chi connectivity index (χ3n) is 3.93. The molecule has 0 aliphatic carbocycles. The summed E-state index contributed by atoms with van der Waals surface area (Å²) in [5, 5.41) is 4.37. The van der Waals surface area contributed by atoms with Gasteiger partial charge in [0.05, 0.1) is 16.1 Å². The third-order valence-corrected chi connectivity index (χ3v) is 5.85. The van der Waals surface area contributed by atoms with Crippen LogP contribution in [0.5, 0.6) is 0 Å². The Morgan fingerprint density at radius 1 is 0.967 bits per heavy atom. The van der Waals surface area contributed by atoms with Crippen LogP contribution in [0.4, 0.5) is 10.5 Å². The predicted octanol–water partition coefficient (Wildman–Crippen LogP) is 1.90. The molecule has 0 saturated carbocycles. The Labute approximate surface area is 175 Å². The van der Waals surface area contributed by atoms with E-state index >= 15 is 0 Å². The van der Waals surface area contributed by atoms with E-state index in [0.717, 1.165) is 0 Å². The zero-order chi connectivity index (χ0) is 22.1. The second kappa shape index (κ2) is 10.4. The Morgan fingerprint density at radius 3 is 2.17 bits per heavy atom. The Hall–Kier alpha value is -3.40. The first kappa shape index (κ1) is 22.9. The molecule has 30 heavy (non-hydrogen) atoms. The zero-order valence-corrected chi connectivity index (χ0v) is 17.4. The highest BCUT2D eigenvalue weighted by Gasteiger charge is 2.24. The Kier molecular flexibility index (Phi) is 7.93. The molecule has 0 radical (unpaired) electrons. The van der Waals surface area contributed by atoms with Gasteiger partial charge in [0.15, 0.2) is 6.61 Å². The normalized spacial score (nSPS) is 10.7. The molecule has 2 aromatic rings. The number of para-hydroxylation sites is 1. The number of carbonyl (C=O) groups is 3. The van der Waals surface area contributed by atoms with Crippen LogP contribution in [0.2, 0.25) is 0 Å². The standard InChI is InChI=1S/C20H23N3O6S/c1-3-21-20(26)22-18(24)14-29-19(25)15-10-12-17(13-11-15)30(27,28)23(4-2)16-8-6-5-7-9-16/h5-13H,3-4,14H2,1-2H3,(H2,21,22,24,26). The van der Waals surface area contributed by atoms with Gasteiger partial charge in [0.1, 0.15) is 0 Å². The number of rotatable bonds is 8. The first-order valence-electron chi connectivity index (χ1n) is 9.22. The van der Waals surface area contributed by atoms with Crippen molar-refractivity contribution in [2.75, 3.05) is 24.0 Å². The number of nitrogens with zero attached hydrogens (tertiary/aromatic N) is 1. The number of esters is 1. The molecule has 0 heterocycles. The number of hydrogen-bond acceptors (Lipinski definition) is 6. The molecule has 3 amide bonds. The van der Waals surface area contributed by atoms with Crippen molar-refractivity contribution in [2.24, 2.45) is 0 Å². The summed E-state index contributed by atoms with van der Waals surface area (Å²) >= 11 is 0. The summed E-state index contributed by atoms with van der Waals surface area (Å²) in [6, 6.07) is 13.2. The van der Waals surface area contributed by atoms with E-state index in [0.29, 0.717) is 12.2 Å². The number of ether oxygens (including phenoxy) is 1. The first-order valence-corrected chi connectivity index (χ1v) is 10.7. The van der Waals surface area contributed by atoms with E-state index in [1.165, 1.54) is 28.6 Å². The predicted molar refractivity (Wildman–Crippen MR) is 111 cm³/mol. The van der Waals surface area contributed by atoms with Crippen LogP contribution in [0.25, 0.3) is 0 Å². The van der Waals surface area contributed by atoms with E-state index < -0.39 is 34.5 Å². The molecule has 0 saturated heterocycles. The van der Waals surface area contributed by atoms with Crippen molar-refractivity contribution >= 4 is 33.6 Å². The van der Waals surface area contributed by atoms with Gasteiger partial charge in [-0.1, -0.05) is 18.2 Å². The number of benzene rings is 2. The van der Waals surface area contributed by atoms with Crippen molar-refractivity contribution in [1.29, 1.82) is 0 Å². The van der Waals surface area contributed by atoms with Gasteiger partial charge in [0.25, 0.3) is 15.9 Å². The van der Waals surface area contributed by atoms with Gasteiger partial charge in [0.2, 0.25) is 0 Å². The van der Waals surface area contributed by atoms with Crippen LogP contribution in [0.15, 0.2) is 59.5 Å². The largest absolute Gasteiger partial charge is 0.452 e. The second-order valence-electron chi connectivity index (χ2n) is 6.01. The minimum Gasteiger partial charge on any atom is -0.452 e. The summed E-state index contributed by atoms with van der Waals surface area (Å²) in [4.78, 5) is 34.9. The van der Waals surface area contributed by atoms with E-state index in [4.69, 9.17) is 4.74 Å². The summed E-state index contributed by atoms with van der Waals surface area (Å²) < 4.78 is 32.0. The van der Waals surface area contributed by atoms with E-state index in [2.05, 4.69) is 5.32 Å². The molecule has 0 aliphatic heterocycles. The molecule has 0 fully saturated rings. The molecule has 0 spiro atoms. The van der Waals surface area contributed by atoms with Crippen LogP contribution in [0, 0.1) is 0 Å². The van der Waals surface area contributed by atoms with Crippen molar-refractivity contribution in [3.8, 4) is 0 Å². The fraction of sp³-hybridized carbons (Fsp3) is 0.250. The molecule has 2 aromatic carbocycles. The maximum Gasteiger partial charge on any atom is 0.338 e. The average molecular weight is 433 g/mol. The van der Waals surface area contributed by atoms with Crippen LogP contribution in [0.3, 0.4) is 0 Å². The number of urea groups is 1. The summed E-state index contributed by atoms with van der Waals surface area (Å²) in [6.45, 7) is 3.34. The molecule has 160 valence electrons. The minimum absolute atomic E-state index is 0.0127. The molecule has 10 heteroatoms. The maximum atomic E-state index is 12.9. The van der Waals surface area contributed by atoms with Gasteiger partial charge in [0, 0.05) is 13.1 Å². The lowest BCUT2D eigenvalue weighted by Gasteiger charge is -2.22. The van der Waals surface area contributed by atoms with Crippen molar-refractivity contribution < 1.29 is 27.5 Å². The smallest absolute Gasteiger partial charge is 0.338 e. The van der Waals surface area contributed by atoms with Crippen LogP contribution in [-0.2, 0) is 19.6 Å². The molecule has 0 aromatic heterocycles. The molecule has 9 nitrogen and oxygen atoms in total. The number of hydrogen-bond donors (Lipinski definition) is 2. The lowest BCUT2D eigenvalue weighted by molar-refractivity contribution is -0.123. The van der Waals surface area contributed by atoms with Crippen LogP contribution >= 0.6 is 0 Å². The lowest BCUT2D eigenvalue weighted by Crippen LogP contribution is -2.41. The first-order chi connectivity index (χ1) is 14.3. The summed E-state index contributed by atoms with van der Waals surface area (Å²) in [5.74, 6) is -1.60. The Morgan fingerprint density at radius 2 is 1.60 bits per heavy atom. The number of imide groups is 1. The van der Waals surface area contributed by atoms with Gasteiger partial charge < -0.3 is 10.1 Å². The number of amides is 3. The summed E-state index contributed by atoms with van der Waals surface area (Å²) in [6.07, 6.45) is 0. The van der Waals surface area contributed by atoms with Crippen LogP contribution in [-0.4, -0.2) is 46.0 Å². The number of nitrogens with one attached hydrogen (secondary N) is 2. The monoisotopic (exact) mass is 433 g/mol. The minimum atomic E-state index is -3.82. The van der Waals surface area contributed by atoms with Crippen molar-refractivity contribution in [1.82, 2.24) is 10.6 Å². The zero-order valence-electron chi connectivity index (χ0n) is 16.6. The number of sulfonamides is 1. The van der Waals surface area contributed by atoms with Crippen molar-refractivity contribution in [3.05, 3.63) is 60.2 Å². The van der Waals surface area contributed by atoms with E-state index in [-0.39, 0.29) is 17.0 Å². The third kappa shape index (κ3) is 5.80. The molecule has 2 N–H and O–H groups in total. The molecule has 2 rings (SSSR count). The van der Waals surface area contributed by atoms with Crippen LogP contribution < -0.4 is 14.9 Å². The highest BCUT2D eigenvalue weighted by Crippen LogP contribution is 2.23. The number of anilines is 1. The molecular formula is C20H23N3O6S. The summed E-state index contributed by atoms with van der Waals surface area (Å²) in [5.41, 5.74) is 0.601. The Balaban J connectivity index is 2.05. The van der Waals surface area contributed by atoms with Crippen molar-refractivity contribution in [3.63, 3.8) is 0 Å². The fourth-order valence-electron chi connectivity index (χ4n) is 2.56. The molecular weight excluding hydrogens is 410 g/mol. The van der Waals surface area contributed by atoms with Crippen LogP contribution in [0.1, 0.15) is 24.2 Å². The van der Waals surface area contributed by atoms with Gasteiger partial charge in [-0.25, -0.2) is 18.0 Å². The number of carbonyl (C=O) groups excluding carboxylic acids is 3. The van der Waals surface area contributed by atoms with E-state index in [9.17, 15) is 22.8 Å². The van der Waals surface area contributed by atoms with Gasteiger partial charge >= 0.3 is 12.0 Å². The fourth-order valence-corrected chi connectivity index (χ4v) is 4.03. The van der Waals surface area contributed by atoms with Gasteiger partial charge in [-0.3, -0.25) is 14.4 Å². The molecule has 0 aliphatic rings. The van der Waals surface area contributed by atoms with Crippen molar-refractivity contribution in [2.45, 2.75) is 18.7 Å². The van der Waals surface area contributed by atoms with E-state index in [1.807, 2.05) is 5.32 Å². The lowest BCUT2D eigenvalue weighted by atomic mass is 10.2. The van der Waals surface area contributed by atoms with Gasteiger partial charge in [-0.15, -0.1) is 0 Å². The molecule has 0 unspecified atom stereocenters. The quantitative estimate of drug-likeness (QED) is 0.613. The highest BCUT2D eigenvalue weighted by molar-refractivity contribution is 7.92. The molecule has 0 atom stereocenters. The Bertz CT molecular complexity index is 991. The summed E-state index contributed by atoms with van der Waals surface area (Å²) in [7, 11) is -3.82.